The maximum absolute atomic E-state index is 12.7. The molecule has 0 saturated carbocycles. The highest BCUT2D eigenvalue weighted by molar-refractivity contribution is 7.91. The first-order chi connectivity index (χ1) is 12.1. The van der Waals surface area contributed by atoms with Crippen molar-refractivity contribution in [2.24, 2.45) is 10.7 Å². The number of likely N-dealkylation sites (tertiary alicyclic amines) is 1. The Labute approximate surface area is 154 Å². The van der Waals surface area contributed by atoms with Crippen molar-refractivity contribution in [3.05, 3.63) is 17.0 Å². The van der Waals surface area contributed by atoms with E-state index in [0.29, 0.717) is 29.8 Å². The van der Waals surface area contributed by atoms with Crippen LogP contribution in [-0.2, 0) is 16.6 Å². The molecule has 2 aliphatic rings. The zero-order chi connectivity index (χ0) is 17.7. The summed E-state index contributed by atoms with van der Waals surface area (Å²) in [6.07, 6.45) is 7.86. The summed E-state index contributed by atoms with van der Waals surface area (Å²) in [6, 6.07) is 3.57. The van der Waals surface area contributed by atoms with Gasteiger partial charge in [-0.1, -0.05) is 19.3 Å². The number of piperidine rings is 1. The van der Waals surface area contributed by atoms with Crippen molar-refractivity contribution in [3.8, 4) is 0 Å². The number of hydrogen-bond donors (Lipinski definition) is 1. The van der Waals surface area contributed by atoms with E-state index in [1.54, 1.807) is 10.4 Å². The largest absolute Gasteiger partial charge is 0.370 e. The molecule has 0 atom stereocenters. The molecule has 0 aromatic carbocycles. The Balaban J connectivity index is 1.63. The zero-order valence-corrected chi connectivity index (χ0v) is 16.3. The number of nitrogens with two attached hydrogens (primary N) is 1. The summed E-state index contributed by atoms with van der Waals surface area (Å²) in [5.74, 6) is 0.579. The second-order valence-corrected chi connectivity index (χ2v) is 10.1. The van der Waals surface area contributed by atoms with Gasteiger partial charge in [-0.3, -0.25) is 0 Å². The van der Waals surface area contributed by atoms with E-state index in [1.165, 1.54) is 24.2 Å². The molecule has 0 aliphatic carbocycles. The number of rotatable bonds is 4. The maximum Gasteiger partial charge on any atom is 0.252 e. The second kappa shape index (κ2) is 8.51. The van der Waals surface area contributed by atoms with Crippen LogP contribution < -0.4 is 5.73 Å². The zero-order valence-electron chi connectivity index (χ0n) is 14.7. The SMILES string of the molecule is NC(=NCc1ccc(S(=O)(=O)N2CCCCC2)s1)N1CCCCCC1. The normalized spacial score (nSPS) is 21.3. The average molecular weight is 385 g/mol. The van der Waals surface area contributed by atoms with Crippen LogP contribution in [0.25, 0.3) is 0 Å². The molecule has 140 valence electrons. The highest BCUT2D eigenvalue weighted by Crippen LogP contribution is 2.27. The molecular formula is C17H28N4O2S2. The summed E-state index contributed by atoms with van der Waals surface area (Å²) in [4.78, 5) is 7.57. The molecular weight excluding hydrogens is 356 g/mol. The smallest absolute Gasteiger partial charge is 0.252 e. The topological polar surface area (TPSA) is 79.0 Å². The summed E-state index contributed by atoms with van der Waals surface area (Å²) < 4.78 is 27.4. The first-order valence-electron chi connectivity index (χ1n) is 9.21. The molecule has 6 nitrogen and oxygen atoms in total. The van der Waals surface area contributed by atoms with E-state index in [-0.39, 0.29) is 0 Å². The van der Waals surface area contributed by atoms with E-state index < -0.39 is 10.0 Å². The first-order valence-corrected chi connectivity index (χ1v) is 11.5. The van der Waals surface area contributed by atoms with Gasteiger partial charge in [0.05, 0.1) is 6.54 Å². The summed E-state index contributed by atoms with van der Waals surface area (Å²) in [5, 5.41) is 0. The van der Waals surface area contributed by atoms with Crippen molar-refractivity contribution in [2.75, 3.05) is 26.2 Å². The molecule has 1 aromatic rings. The van der Waals surface area contributed by atoms with Gasteiger partial charge < -0.3 is 10.6 Å². The number of thiophene rings is 1. The molecule has 0 bridgehead atoms. The number of sulfonamides is 1. The summed E-state index contributed by atoms with van der Waals surface area (Å²) >= 11 is 1.32. The number of guanidine groups is 1. The quantitative estimate of drug-likeness (QED) is 0.639. The fourth-order valence-electron chi connectivity index (χ4n) is 3.37. The average Bonchev–Trinajstić information content (AvgIpc) is 2.95. The van der Waals surface area contributed by atoms with E-state index in [4.69, 9.17) is 5.73 Å². The minimum atomic E-state index is -3.34. The Bertz CT molecular complexity index is 685. The van der Waals surface area contributed by atoms with Crippen LogP contribution in [0.5, 0.6) is 0 Å². The molecule has 0 unspecified atom stereocenters. The van der Waals surface area contributed by atoms with Crippen molar-refractivity contribution >= 4 is 27.3 Å². The van der Waals surface area contributed by atoms with Gasteiger partial charge in [-0.2, -0.15) is 4.31 Å². The summed E-state index contributed by atoms with van der Waals surface area (Å²) in [6.45, 7) is 3.65. The monoisotopic (exact) mass is 384 g/mol. The van der Waals surface area contributed by atoms with Crippen LogP contribution in [0.3, 0.4) is 0 Å². The first kappa shape index (κ1) is 18.7. The molecule has 0 radical (unpaired) electrons. The molecule has 0 amide bonds. The fourth-order valence-corrected chi connectivity index (χ4v) is 6.32. The van der Waals surface area contributed by atoms with Gasteiger partial charge in [-0.15, -0.1) is 11.3 Å². The van der Waals surface area contributed by atoms with Gasteiger partial charge in [0, 0.05) is 31.1 Å². The lowest BCUT2D eigenvalue weighted by Gasteiger charge is -2.25. The van der Waals surface area contributed by atoms with E-state index in [0.717, 1.165) is 50.1 Å². The summed E-state index contributed by atoms with van der Waals surface area (Å²) in [5.41, 5.74) is 6.13. The van der Waals surface area contributed by atoms with Crippen molar-refractivity contribution in [1.82, 2.24) is 9.21 Å². The molecule has 3 rings (SSSR count). The van der Waals surface area contributed by atoms with Crippen molar-refractivity contribution in [1.29, 1.82) is 0 Å². The van der Waals surface area contributed by atoms with Crippen LogP contribution in [0.4, 0.5) is 0 Å². The van der Waals surface area contributed by atoms with E-state index in [1.807, 2.05) is 6.07 Å². The van der Waals surface area contributed by atoms with Gasteiger partial charge in [-0.25, -0.2) is 13.4 Å². The van der Waals surface area contributed by atoms with Crippen LogP contribution in [-0.4, -0.2) is 49.8 Å². The lowest BCUT2D eigenvalue weighted by molar-refractivity contribution is 0.347. The Morgan fingerprint density at radius 1 is 1.00 bits per heavy atom. The van der Waals surface area contributed by atoms with Gasteiger partial charge in [0.25, 0.3) is 10.0 Å². The van der Waals surface area contributed by atoms with Crippen LogP contribution in [0.15, 0.2) is 21.3 Å². The molecule has 2 saturated heterocycles. The molecule has 0 spiro atoms. The Morgan fingerprint density at radius 3 is 2.28 bits per heavy atom. The van der Waals surface area contributed by atoms with Crippen LogP contribution in [0.1, 0.15) is 49.8 Å². The predicted octanol–water partition coefficient (Wildman–Crippen LogP) is 2.61. The Morgan fingerprint density at radius 2 is 1.60 bits per heavy atom. The number of hydrogen-bond acceptors (Lipinski definition) is 4. The molecule has 3 heterocycles. The van der Waals surface area contributed by atoms with Gasteiger partial charge in [0.2, 0.25) is 0 Å². The van der Waals surface area contributed by atoms with Crippen molar-refractivity contribution in [3.63, 3.8) is 0 Å². The second-order valence-electron chi connectivity index (χ2n) is 6.76. The lowest BCUT2D eigenvalue weighted by Crippen LogP contribution is -2.38. The standard InChI is InChI=1S/C17H28N4O2S2/c18-17(20-10-4-1-2-5-11-20)19-14-15-8-9-16(24-15)25(22,23)21-12-6-3-7-13-21/h8-9H,1-7,10-14H2,(H2,18,19). The fraction of sp³-hybridized carbons (Fsp3) is 0.706. The number of nitrogens with zero attached hydrogens (tertiary/aromatic N) is 3. The van der Waals surface area contributed by atoms with E-state index in [2.05, 4.69) is 9.89 Å². The Hall–Kier alpha value is -1.12. The van der Waals surface area contributed by atoms with Gasteiger partial charge in [0.1, 0.15) is 4.21 Å². The molecule has 8 heteroatoms. The minimum Gasteiger partial charge on any atom is -0.370 e. The highest BCUT2D eigenvalue weighted by Gasteiger charge is 2.27. The summed E-state index contributed by atoms with van der Waals surface area (Å²) in [7, 11) is -3.34. The highest BCUT2D eigenvalue weighted by atomic mass is 32.2. The van der Waals surface area contributed by atoms with E-state index in [9.17, 15) is 8.42 Å². The van der Waals surface area contributed by atoms with E-state index >= 15 is 0 Å². The molecule has 25 heavy (non-hydrogen) atoms. The van der Waals surface area contributed by atoms with Gasteiger partial charge in [-0.05, 0) is 37.8 Å². The van der Waals surface area contributed by atoms with Crippen LogP contribution in [0, 0.1) is 0 Å². The van der Waals surface area contributed by atoms with Crippen molar-refractivity contribution < 1.29 is 8.42 Å². The third-order valence-corrected chi connectivity index (χ3v) is 8.31. The third-order valence-electron chi connectivity index (χ3n) is 4.87. The molecule has 2 aliphatic heterocycles. The minimum absolute atomic E-state index is 0.424. The maximum atomic E-state index is 12.7. The van der Waals surface area contributed by atoms with Crippen molar-refractivity contribution in [2.45, 2.75) is 55.7 Å². The van der Waals surface area contributed by atoms with Gasteiger partial charge >= 0.3 is 0 Å². The third kappa shape index (κ3) is 4.74. The lowest BCUT2D eigenvalue weighted by atomic mass is 10.2. The molecule has 2 N–H and O–H groups in total. The van der Waals surface area contributed by atoms with Gasteiger partial charge in [0.15, 0.2) is 5.96 Å². The Kier molecular flexibility index (Phi) is 6.35. The predicted molar refractivity (Wildman–Crippen MR) is 102 cm³/mol. The molecule has 2 fully saturated rings. The number of aliphatic imine (C=N–C) groups is 1. The van der Waals surface area contributed by atoms with Crippen LogP contribution >= 0.6 is 11.3 Å². The van der Waals surface area contributed by atoms with Crippen LogP contribution in [0.2, 0.25) is 0 Å². The molecule has 1 aromatic heterocycles.